The van der Waals surface area contributed by atoms with Gasteiger partial charge in [0.15, 0.2) is 0 Å². The van der Waals surface area contributed by atoms with E-state index in [1.165, 1.54) is 0 Å². The van der Waals surface area contributed by atoms with Crippen LogP contribution in [-0.4, -0.2) is 16.1 Å². The molecule has 5 heteroatoms. The lowest BCUT2D eigenvalue weighted by molar-refractivity contribution is -0.115. The molecule has 0 unspecified atom stereocenters. The summed E-state index contributed by atoms with van der Waals surface area (Å²) in [5, 5.41) is 10.1. The van der Waals surface area contributed by atoms with Crippen molar-refractivity contribution in [1.82, 2.24) is 10.2 Å². The Morgan fingerprint density at radius 2 is 2.28 bits per heavy atom. The third-order valence-corrected chi connectivity index (χ3v) is 3.32. The van der Waals surface area contributed by atoms with Crippen molar-refractivity contribution in [3.63, 3.8) is 0 Å². The lowest BCUT2D eigenvalue weighted by atomic mass is 10.0. The van der Waals surface area contributed by atoms with Crippen LogP contribution in [0.4, 0.5) is 5.69 Å². The molecule has 5 nitrogen and oxygen atoms in total. The van der Waals surface area contributed by atoms with Crippen LogP contribution in [0, 0.1) is 6.92 Å². The number of carbonyl (C=O) groups excluding carboxylic acids is 1. The highest BCUT2D eigenvalue weighted by molar-refractivity contribution is 5.99. The van der Waals surface area contributed by atoms with Gasteiger partial charge in [-0.25, -0.2) is 0 Å². The fraction of sp³-hybridized carbons (Fsp3) is 0.231. The van der Waals surface area contributed by atoms with Gasteiger partial charge in [-0.05, 0) is 30.2 Å². The van der Waals surface area contributed by atoms with Crippen LogP contribution < -0.4 is 11.1 Å². The number of rotatable bonds is 2. The molecule has 0 bridgehead atoms. The standard InChI is InChI=1S/C13H14N4O/c1-7-11(6-14)16-17-13(7)8-2-3-10-9(4-8)5-12(18)15-10/h2-4H,5-6,14H2,1H3,(H,15,18)(H,16,17). The van der Waals surface area contributed by atoms with Gasteiger partial charge >= 0.3 is 0 Å². The largest absolute Gasteiger partial charge is 0.326 e. The number of benzene rings is 1. The number of nitrogens with one attached hydrogen (secondary N) is 2. The summed E-state index contributed by atoms with van der Waals surface area (Å²) in [5.41, 5.74) is 11.5. The monoisotopic (exact) mass is 242 g/mol. The normalized spacial score (nSPS) is 13.6. The Labute approximate surface area is 104 Å². The van der Waals surface area contributed by atoms with Gasteiger partial charge in [-0.15, -0.1) is 0 Å². The first-order valence-electron chi connectivity index (χ1n) is 5.86. The number of anilines is 1. The highest BCUT2D eigenvalue weighted by atomic mass is 16.1. The van der Waals surface area contributed by atoms with E-state index >= 15 is 0 Å². The Morgan fingerprint density at radius 3 is 3.00 bits per heavy atom. The van der Waals surface area contributed by atoms with Crippen LogP contribution in [0.3, 0.4) is 0 Å². The average Bonchev–Trinajstić information content (AvgIpc) is 2.89. The van der Waals surface area contributed by atoms with Crippen LogP contribution in [0.1, 0.15) is 16.8 Å². The Bertz CT molecular complexity index is 630. The number of fused-ring (bicyclic) bond motifs is 1. The minimum Gasteiger partial charge on any atom is -0.326 e. The maximum atomic E-state index is 11.3. The van der Waals surface area contributed by atoms with Crippen molar-refractivity contribution in [2.45, 2.75) is 19.9 Å². The smallest absolute Gasteiger partial charge is 0.228 e. The predicted molar refractivity (Wildman–Crippen MR) is 69.0 cm³/mol. The molecule has 1 aliphatic heterocycles. The molecule has 2 heterocycles. The van der Waals surface area contributed by atoms with Crippen molar-refractivity contribution < 1.29 is 4.79 Å². The van der Waals surface area contributed by atoms with Crippen LogP contribution in [-0.2, 0) is 17.8 Å². The van der Waals surface area contributed by atoms with Gasteiger partial charge in [0, 0.05) is 17.8 Å². The molecular formula is C13H14N4O. The summed E-state index contributed by atoms with van der Waals surface area (Å²) in [6, 6.07) is 5.90. The Morgan fingerprint density at radius 1 is 1.44 bits per heavy atom. The van der Waals surface area contributed by atoms with Crippen molar-refractivity contribution in [1.29, 1.82) is 0 Å². The van der Waals surface area contributed by atoms with E-state index in [2.05, 4.69) is 15.5 Å². The Balaban J connectivity index is 2.05. The van der Waals surface area contributed by atoms with Crippen LogP contribution in [0.25, 0.3) is 11.3 Å². The van der Waals surface area contributed by atoms with Gasteiger partial charge in [0.25, 0.3) is 0 Å². The van der Waals surface area contributed by atoms with Crippen molar-refractivity contribution in [2.24, 2.45) is 5.73 Å². The minimum atomic E-state index is 0.0450. The van der Waals surface area contributed by atoms with E-state index in [1.807, 2.05) is 25.1 Å². The molecule has 0 aliphatic carbocycles. The Kier molecular flexibility index (Phi) is 2.41. The summed E-state index contributed by atoms with van der Waals surface area (Å²) in [4.78, 5) is 11.3. The van der Waals surface area contributed by atoms with Crippen molar-refractivity contribution in [3.05, 3.63) is 35.0 Å². The second kappa shape index (κ2) is 3.96. The zero-order valence-electron chi connectivity index (χ0n) is 10.1. The highest BCUT2D eigenvalue weighted by Gasteiger charge is 2.19. The molecule has 1 aromatic carbocycles. The van der Waals surface area contributed by atoms with Crippen LogP contribution in [0.15, 0.2) is 18.2 Å². The van der Waals surface area contributed by atoms with E-state index in [0.29, 0.717) is 13.0 Å². The number of nitrogens with two attached hydrogens (primary N) is 1. The van der Waals surface area contributed by atoms with Crippen molar-refractivity contribution in [3.8, 4) is 11.3 Å². The summed E-state index contributed by atoms with van der Waals surface area (Å²) < 4.78 is 0. The van der Waals surface area contributed by atoms with E-state index in [9.17, 15) is 4.79 Å². The van der Waals surface area contributed by atoms with E-state index < -0.39 is 0 Å². The molecule has 0 saturated carbocycles. The summed E-state index contributed by atoms with van der Waals surface area (Å²) in [7, 11) is 0. The van der Waals surface area contributed by atoms with Gasteiger partial charge in [0.05, 0.1) is 17.8 Å². The van der Waals surface area contributed by atoms with Gasteiger partial charge in [-0.1, -0.05) is 6.07 Å². The number of hydrogen-bond acceptors (Lipinski definition) is 3. The molecule has 18 heavy (non-hydrogen) atoms. The molecule has 0 radical (unpaired) electrons. The summed E-state index contributed by atoms with van der Waals surface area (Å²) in [5.74, 6) is 0.0450. The first kappa shape index (κ1) is 11.0. The predicted octanol–water partition coefficient (Wildman–Crippen LogP) is 1.34. The van der Waals surface area contributed by atoms with E-state index in [4.69, 9.17) is 5.73 Å². The first-order chi connectivity index (χ1) is 8.69. The molecular weight excluding hydrogens is 228 g/mol. The van der Waals surface area contributed by atoms with Crippen LogP contribution in [0.5, 0.6) is 0 Å². The molecule has 3 rings (SSSR count). The number of carbonyl (C=O) groups is 1. The summed E-state index contributed by atoms with van der Waals surface area (Å²) in [6.45, 7) is 2.45. The minimum absolute atomic E-state index is 0.0450. The zero-order valence-corrected chi connectivity index (χ0v) is 10.1. The number of aromatic amines is 1. The topological polar surface area (TPSA) is 83.8 Å². The van der Waals surface area contributed by atoms with E-state index in [1.54, 1.807) is 0 Å². The molecule has 1 aromatic heterocycles. The fourth-order valence-electron chi connectivity index (χ4n) is 2.29. The number of H-pyrrole nitrogens is 1. The number of amides is 1. The molecule has 1 aliphatic rings. The maximum absolute atomic E-state index is 11.3. The molecule has 0 atom stereocenters. The second-order valence-electron chi connectivity index (χ2n) is 4.48. The van der Waals surface area contributed by atoms with E-state index in [-0.39, 0.29) is 5.91 Å². The average molecular weight is 242 g/mol. The highest BCUT2D eigenvalue weighted by Crippen LogP contribution is 2.30. The van der Waals surface area contributed by atoms with Gasteiger partial charge in [0.2, 0.25) is 5.91 Å². The molecule has 92 valence electrons. The molecule has 0 fully saturated rings. The third kappa shape index (κ3) is 1.60. The Hall–Kier alpha value is -2.14. The third-order valence-electron chi connectivity index (χ3n) is 3.32. The zero-order chi connectivity index (χ0) is 12.7. The van der Waals surface area contributed by atoms with Gasteiger partial charge in [0.1, 0.15) is 0 Å². The van der Waals surface area contributed by atoms with Gasteiger partial charge in [-0.2, -0.15) is 5.10 Å². The number of nitrogens with zero attached hydrogens (tertiary/aromatic N) is 1. The van der Waals surface area contributed by atoms with E-state index in [0.717, 1.165) is 33.8 Å². The lowest BCUT2D eigenvalue weighted by Crippen LogP contribution is -2.03. The number of hydrogen-bond donors (Lipinski definition) is 3. The van der Waals surface area contributed by atoms with Crippen molar-refractivity contribution in [2.75, 3.05) is 5.32 Å². The molecule has 0 spiro atoms. The SMILES string of the molecule is Cc1c(-c2ccc3c(c2)CC(=O)N3)n[nH]c1CN. The maximum Gasteiger partial charge on any atom is 0.228 e. The molecule has 0 saturated heterocycles. The van der Waals surface area contributed by atoms with Crippen LogP contribution in [0.2, 0.25) is 0 Å². The summed E-state index contributed by atoms with van der Waals surface area (Å²) >= 11 is 0. The quantitative estimate of drug-likeness (QED) is 0.743. The second-order valence-corrected chi connectivity index (χ2v) is 4.48. The summed E-state index contributed by atoms with van der Waals surface area (Å²) in [6.07, 6.45) is 0.441. The molecule has 4 N–H and O–H groups in total. The van der Waals surface area contributed by atoms with Gasteiger partial charge in [-0.3, -0.25) is 9.89 Å². The van der Waals surface area contributed by atoms with Crippen molar-refractivity contribution >= 4 is 11.6 Å². The lowest BCUT2D eigenvalue weighted by Gasteiger charge is -2.03. The molecule has 1 amide bonds. The fourth-order valence-corrected chi connectivity index (χ4v) is 2.29. The van der Waals surface area contributed by atoms with Gasteiger partial charge < -0.3 is 11.1 Å². The number of aromatic nitrogens is 2. The first-order valence-corrected chi connectivity index (χ1v) is 5.86. The van der Waals surface area contributed by atoms with Crippen LogP contribution >= 0.6 is 0 Å². The molecule has 2 aromatic rings.